The van der Waals surface area contributed by atoms with E-state index >= 15 is 0 Å². The summed E-state index contributed by atoms with van der Waals surface area (Å²) in [6.45, 7) is 3.28. The van der Waals surface area contributed by atoms with E-state index in [1.54, 1.807) is 0 Å². The molecule has 0 saturated carbocycles. The second-order valence-corrected chi connectivity index (χ2v) is 6.06. The Morgan fingerprint density at radius 3 is 2.72 bits per heavy atom. The highest BCUT2D eigenvalue weighted by atomic mass is 35.5. The Kier molecular flexibility index (Phi) is 8.57. The summed E-state index contributed by atoms with van der Waals surface area (Å²) in [6, 6.07) is 8.48. The van der Waals surface area contributed by atoms with Gasteiger partial charge in [0.15, 0.2) is 0 Å². The zero-order valence-electron chi connectivity index (χ0n) is 11.4. The van der Waals surface area contributed by atoms with E-state index in [0.29, 0.717) is 6.04 Å². The quantitative estimate of drug-likeness (QED) is 0.647. The lowest BCUT2D eigenvalue weighted by atomic mass is 10.1. The maximum absolute atomic E-state index is 5.99. The van der Waals surface area contributed by atoms with Crippen molar-refractivity contribution in [2.75, 3.05) is 18.6 Å². The third kappa shape index (κ3) is 6.67. The summed E-state index contributed by atoms with van der Waals surface area (Å²) in [5.41, 5.74) is 1.27. The number of rotatable bonds is 9. The highest BCUT2D eigenvalue weighted by molar-refractivity contribution is 7.98. The van der Waals surface area contributed by atoms with Crippen molar-refractivity contribution in [2.45, 2.75) is 38.6 Å². The zero-order chi connectivity index (χ0) is 13.2. The van der Waals surface area contributed by atoms with E-state index in [-0.39, 0.29) is 0 Å². The van der Waals surface area contributed by atoms with Crippen LogP contribution >= 0.6 is 23.4 Å². The van der Waals surface area contributed by atoms with Gasteiger partial charge in [0, 0.05) is 11.1 Å². The molecule has 0 amide bonds. The van der Waals surface area contributed by atoms with Gasteiger partial charge in [-0.3, -0.25) is 0 Å². The van der Waals surface area contributed by atoms with Gasteiger partial charge < -0.3 is 5.32 Å². The van der Waals surface area contributed by atoms with E-state index in [9.17, 15) is 0 Å². The molecule has 3 heteroatoms. The first-order chi connectivity index (χ1) is 8.74. The molecule has 1 unspecified atom stereocenters. The highest BCUT2D eigenvalue weighted by Gasteiger charge is 2.04. The topological polar surface area (TPSA) is 12.0 Å². The normalized spacial score (nSPS) is 12.6. The molecule has 0 aliphatic rings. The Morgan fingerprint density at radius 1 is 1.22 bits per heavy atom. The van der Waals surface area contributed by atoms with Crippen molar-refractivity contribution in [2.24, 2.45) is 0 Å². The summed E-state index contributed by atoms with van der Waals surface area (Å²) in [5, 5.41) is 4.37. The minimum atomic E-state index is 0.384. The zero-order valence-corrected chi connectivity index (χ0v) is 13.0. The number of nitrogens with one attached hydrogen (secondary N) is 1. The van der Waals surface area contributed by atoms with Gasteiger partial charge in [0.2, 0.25) is 0 Å². The molecular formula is C15H24ClNS. The van der Waals surface area contributed by atoms with Gasteiger partial charge in [-0.1, -0.05) is 36.6 Å². The van der Waals surface area contributed by atoms with Crippen LogP contribution in [0.2, 0.25) is 5.02 Å². The smallest absolute Gasteiger partial charge is 0.0409 e. The van der Waals surface area contributed by atoms with Gasteiger partial charge in [0.1, 0.15) is 0 Å². The Morgan fingerprint density at radius 2 is 2.00 bits per heavy atom. The van der Waals surface area contributed by atoms with Gasteiger partial charge in [-0.25, -0.2) is 0 Å². The van der Waals surface area contributed by atoms with Crippen LogP contribution in [0.3, 0.4) is 0 Å². The van der Waals surface area contributed by atoms with Crippen LogP contribution in [0.25, 0.3) is 0 Å². The van der Waals surface area contributed by atoms with Crippen LogP contribution in [0.4, 0.5) is 0 Å². The average Bonchev–Trinajstić information content (AvgIpc) is 2.37. The largest absolute Gasteiger partial charge is 0.310 e. The molecule has 0 fully saturated rings. The van der Waals surface area contributed by atoms with Crippen LogP contribution in [-0.2, 0) is 0 Å². The fourth-order valence-corrected chi connectivity index (χ4v) is 2.63. The summed E-state index contributed by atoms with van der Waals surface area (Å²) < 4.78 is 0. The summed E-state index contributed by atoms with van der Waals surface area (Å²) in [7, 11) is 0. The monoisotopic (exact) mass is 285 g/mol. The van der Waals surface area contributed by atoms with Crippen LogP contribution in [-0.4, -0.2) is 18.6 Å². The van der Waals surface area contributed by atoms with Gasteiger partial charge >= 0.3 is 0 Å². The van der Waals surface area contributed by atoms with Crippen LogP contribution in [0.5, 0.6) is 0 Å². The summed E-state index contributed by atoms with van der Waals surface area (Å²) in [4.78, 5) is 0. The van der Waals surface area contributed by atoms with Crippen LogP contribution in [0, 0.1) is 0 Å². The van der Waals surface area contributed by atoms with Crippen LogP contribution in [0.1, 0.15) is 44.2 Å². The fraction of sp³-hybridized carbons (Fsp3) is 0.600. The average molecular weight is 286 g/mol. The molecule has 1 atom stereocenters. The molecule has 0 aliphatic carbocycles. The second kappa shape index (κ2) is 9.71. The van der Waals surface area contributed by atoms with Crippen LogP contribution < -0.4 is 5.32 Å². The van der Waals surface area contributed by atoms with E-state index in [2.05, 4.69) is 24.6 Å². The van der Waals surface area contributed by atoms with Crippen molar-refractivity contribution in [3.63, 3.8) is 0 Å². The van der Waals surface area contributed by atoms with Gasteiger partial charge in [-0.05, 0) is 56.0 Å². The number of halogens is 1. The lowest BCUT2D eigenvalue weighted by molar-refractivity contribution is 0.537. The molecule has 1 nitrogen and oxygen atoms in total. The van der Waals surface area contributed by atoms with E-state index < -0.39 is 0 Å². The van der Waals surface area contributed by atoms with E-state index in [4.69, 9.17) is 11.6 Å². The molecule has 0 bridgehead atoms. The summed E-state index contributed by atoms with van der Waals surface area (Å²) in [5.74, 6) is 1.30. The molecule has 1 aromatic rings. The first-order valence-corrected chi connectivity index (χ1v) is 8.49. The van der Waals surface area contributed by atoms with Gasteiger partial charge in [-0.15, -0.1) is 0 Å². The van der Waals surface area contributed by atoms with E-state index in [1.165, 1.54) is 37.0 Å². The van der Waals surface area contributed by atoms with E-state index in [1.807, 2.05) is 30.0 Å². The maximum atomic E-state index is 5.99. The molecule has 102 valence electrons. The second-order valence-electron chi connectivity index (χ2n) is 4.64. The molecule has 0 saturated heterocycles. The van der Waals surface area contributed by atoms with Crippen molar-refractivity contribution in [3.8, 4) is 0 Å². The molecular weight excluding hydrogens is 262 g/mol. The molecule has 18 heavy (non-hydrogen) atoms. The van der Waals surface area contributed by atoms with Gasteiger partial charge in [-0.2, -0.15) is 11.8 Å². The standard InChI is InChI=1S/C15H24ClNS/c1-13(14-8-7-9-15(16)12-14)17-10-5-3-4-6-11-18-2/h7-9,12-13,17H,3-6,10-11H2,1-2H3. The lowest BCUT2D eigenvalue weighted by Gasteiger charge is -2.14. The predicted octanol–water partition coefficient (Wildman–Crippen LogP) is 4.91. The first-order valence-electron chi connectivity index (χ1n) is 6.72. The molecule has 0 aliphatic heterocycles. The van der Waals surface area contributed by atoms with Crippen molar-refractivity contribution >= 4 is 23.4 Å². The molecule has 0 spiro atoms. The molecule has 0 radical (unpaired) electrons. The van der Waals surface area contributed by atoms with Crippen molar-refractivity contribution in [1.29, 1.82) is 0 Å². The van der Waals surface area contributed by atoms with E-state index in [0.717, 1.165) is 11.6 Å². The molecule has 1 rings (SSSR count). The number of hydrogen-bond acceptors (Lipinski definition) is 2. The van der Waals surface area contributed by atoms with Crippen LogP contribution in [0.15, 0.2) is 24.3 Å². The maximum Gasteiger partial charge on any atom is 0.0409 e. The van der Waals surface area contributed by atoms with Gasteiger partial charge in [0.25, 0.3) is 0 Å². The Balaban J connectivity index is 2.12. The molecule has 0 aromatic heterocycles. The number of unbranched alkanes of at least 4 members (excludes halogenated alkanes) is 3. The molecule has 0 heterocycles. The number of hydrogen-bond donors (Lipinski definition) is 1. The minimum Gasteiger partial charge on any atom is -0.310 e. The molecule has 1 aromatic carbocycles. The first kappa shape index (κ1) is 15.9. The molecule has 1 N–H and O–H groups in total. The fourth-order valence-electron chi connectivity index (χ4n) is 1.94. The SMILES string of the molecule is CSCCCCCCNC(C)c1cccc(Cl)c1. The third-order valence-corrected chi connectivity index (χ3v) is 4.01. The minimum absolute atomic E-state index is 0.384. The van der Waals surface area contributed by atoms with Crippen molar-refractivity contribution in [1.82, 2.24) is 5.32 Å². The third-order valence-electron chi connectivity index (χ3n) is 3.07. The Bertz CT molecular complexity index is 330. The Labute approximate surface area is 121 Å². The van der Waals surface area contributed by atoms with Gasteiger partial charge in [0.05, 0.1) is 0 Å². The summed E-state index contributed by atoms with van der Waals surface area (Å²) in [6.07, 6.45) is 7.47. The summed E-state index contributed by atoms with van der Waals surface area (Å²) >= 11 is 7.93. The predicted molar refractivity (Wildman–Crippen MR) is 84.7 cm³/mol. The van der Waals surface area contributed by atoms with Crippen molar-refractivity contribution < 1.29 is 0 Å². The van der Waals surface area contributed by atoms with Crippen molar-refractivity contribution in [3.05, 3.63) is 34.9 Å². The number of benzene rings is 1. The highest BCUT2D eigenvalue weighted by Crippen LogP contribution is 2.17. The lowest BCUT2D eigenvalue weighted by Crippen LogP contribution is -2.19. The Hall–Kier alpha value is -0.180. The number of thioether (sulfide) groups is 1.